The van der Waals surface area contributed by atoms with Gasteiger partial charge in [-0.1, -0.05) is 6.92 Å². The number of rotatable bonds is 5. The van der Waals surface area contributed by atoms with E-state index in [0.29, 0.717) is 18.4 Å². The summed E-state index contributed by atoms with van der Waals surface area (Å²) in [7, 11) is 0. The van der Waals surface area contributed by atoms with E-state index in [2.05, 4.69) is 27.6 Å². The summed E-state index contributed by atoms with van der Waals surface area (Å²) in [6, 6.07) is 3.63. The number of aromatic nitrogens is 5. The number of nitrogens with zero attached hydrogens (tertiary/aromatic N) is 6. The molecule has 1 aliphatic heterocycles. The zero-order valence-corrected chi connectivity index (χ0v) is 14.7. The SMILES string of the molecule is CCc1cnn2c(NCc3ccc[n+]([O-])c3)nc(N3CCNCC3)nc12. The normalized spacial score (nSPS) is 14.7. The number of nitrogens with one attached hydrogen (secondary N) is 2. The van der Waals surface area contributed by atoms with Gasteiger partial charge in [0.1, 0.15) is 0 Å². The minimum Gasteiger partial charge on any atom is -0.619 e. The van der Waals surface area contributed by atoms with E-state index < -0.39 is 0 Å². The maximum Gasteiger partial charge on any atom is 0.230 e. The highest BCUT2D eigenvalue weighted by Crippen LogP contribution is 2.19. The highest BCUT2D eigenvalue weighted by Gasteiger charge is 2.18. The summed E-state index contributed by atoms with van der Waals surface area (Å²) >= 11 is 0. The molecule has 1 aliphatic rings. The van der Waals surface area contributed by atoms with Gasteiger partial charge in [-0.3, -0.25) is 0 Å². The molecular formula is C17H22N8O. The molecular weight excluding hydrogens is 332 g/mol. The van der Waals surface area contributed by atoms with Crippen molar-refractivity contribution in [2.45, 2.75) is 19.9 Å². The Morgan fingerprint density at radius 2 is 2.15 bits per heavy atom. The molecule has 4 rings (SSSR count). The summed E-state index contributed by atoms with van der Waals surface area (Å²) in [6.45, 7) is 6.17. The molecule has 0 saturated carbocycles. The highest BCUT2D eigenvalue weighted by atomic mass is 16.5. The van der Waals surface area contributed by atoms with Crippen LogP contribution in [0.4, 0.5) is 11.9 Å². The predicted octanol–water partition coefficient (Wildman–Crippen LogP) is 0.342. The van der Waals surface area contributed by atoms with E-state index in [1.165, 1.54) is 6.20 Å². The number of hydrogen-bond donors (Lipinski definition) is 2. The predicted molar refractivity (Wildman–Crippen MR) is 98.0 cm³/mol. The first kappa shape index (κ1) is 16.5. The van der Waals surface area contributed by atoms with Gasteiger partial charge in [0.15, 0.2) is 18.0 Å². The fraction of sp³-hybridized carbons (Fsp3) is 0.412. The number of fused-ring (bicyclic) bond motifs is 1. The molecule has 0 bridgehead atoms. The van der Waals surface area contributed by atoms with Crippen LogP contribution < -0.4 is 20.3 Å². The van der Waals surface area contributed by atoms with Crippen LogP contribution in [-0.4, -0.2) is 45.8 Å². The second-order valence-corrected chi connectivity index (χ2v) is 6.27. The smallest absolute Gasteiger partial charge is 0.230 e. The van der Waals surface area contributed by atoms with Crippen molar-refractivity contribution >= 4 is 17.5 Å². The quantitative estimate of drug-likeness (QED) is 0.504. The Hall–Kier alpha value is -2.94. The third-order valence-electron chi connectivity index (χ3n) is 4.50. The molecule has 136 valence electrons. The van der Waals surface area contributed by atoms with E-state index in [1.807, 2.05) is 12.3 Å². The summed E-state index contributed by atoms with van der Waals surface area (Å²) in [5.74, 6) is 1.34. The minimum atomic E-state index is 0.484. The van der Waals surface area contributed by atoms with Crippen LogP contribution in [0.15, 0.2) is 30.7 Å². The summed E-state index contributed by atoms with van der Waals surface area (Å²) in [4.78, 5) is 11.6. The first-order valence-electron chi connectivity index (χ1n) is 8.86. The lowest BCUT2D eigenvalue weighted by atomic mass is 10.3. The first-order valence-corrected chi connectivity index (χ1v) is 8.86. The third-order valence-corrected chi connectivity index (χ3v) is 4.50. The zero-order chi connectivity index (χ0) is 17.9. The average molecular weight is 354 g/mol. The van der Waals surface area contributed by atoms with Crippen molar-refractivity contribution in [2.24, 2.45) is 0 Å². The van der Waals surface area contributed by atoms with Crippen molar-refractivity contribution in [2.75, 3.05) is 36.4 Å². The van der Waals surface area contributed by atoms with Gasteiger partial charge in [0.25, 0.3) is 0 Å². The van der Waals surface area contributed by atoms with Gasteiger partial charge in [-0.2, -0.15) is 24.3 Å². The fourth-order valence-electron chi connectivity index (χ4n) is 3.07. The Labute approximate surface area is 151 Å². The minimum absolute atomic E-state index is 0.484. The van der Waals surface area contributed by atoms with Gasteiger partial charge in [-0.05, 0) is 12.5 Å². The molecule has 9 heteroatoms. The average Bonchev–Trinajstić information content (AvgIpc) is 3.10. The Morgan fingerprint density at radius 3 is 2.92 bits per heavy atom. The fourth-order valence-corrected chi connectivity index (χ4v) is 3.07. The topological polar surface area (TPSA) is 97.3 Å². The Balaban J connectivity index is 1.68. The van der Waals surface area contributed by atoms with Gasteiger partial charge in [0.2, 0.25) is 11.9 Å². The second kappa shape index (κ2) is 7.12. The van der Waals surface area contributed by atoms with Crippen LogP contribution >= 0.6 is 0 Å². The molecule has 0 unspecified atom stereocenters. The molecule has 3 aromatic heterocycles. The maximum absolute atomic E-state index is 11.4. The number of pyridine rings is 1. The Kier molecular flexibility index (Phi) is 4.53. The maximum atomic E-state index is 11.4. The van der Waals surface area contributed by atoms with Crippen molar-refractivity contribution in [1.29, 1.82) is 0 Å². The van der Waals surface area contributed by atoms with E-state index in [0.717, 1.165) is 54.1 Å². The van der Waals surface area contributed by atoms with Crippen LogP contribution in [0.2, 0.25) is 0 Å². The molecule has 0 spiro atoms. The van der Waals surface area contributed by atoms with Gasteiger partial charge < -0.3 is 20.7 Å². The summed E-state index contributed by atoms with van der Waals surface area (Å²) in [5, 5.41) is 22.5. The lowest BCUT2D eigenvalue weighted by Crippen LogP contribution is -2.44. The summed E-state index contributed by atoms with van der Waals surface area (Å²) < 4.78 is 2.53. The van der Waals surface area contributed by atoms with E-state index in [-0.39, 0.29) is 0 Å². The van der Waals surface area contributed by atoms with Crippen LogP contribution in [0.25, 0.3) is 5.65 Å². The molecule has 1 saturated heterocycles. The van der Waals surface area contributed by atoms with Crippen molar-refractivity contribution in [1.82, 2.24) is 24.9 Å². The summed E-state index contributed by atoms with van der Waals surface area (Å²) in [5.41, 5.74) is 2.79. The molecule has 0 aliphatic carbocycles. The van der Waals surface area contributed by atoms with Crippen molar-refractivity contribution in [3.05, 3.63) is 47.1 Å². The molecule has 0 radical (unpaired) electrons. The van der Waals surface area contributed by atoms with E-state index in [1.54, 1.807) is 16.8 Å². The van der Waals surface area contributed by atoms with Gasteiger partial charge in [0, 0.05) is 49.9 Å². The molecule has 0 aromatic carbocycles. The number of aryl methyl sites for hydroxylation is 1. The lowest BCUT2D eigenvalue weighted by molar-refractivity contribution is -0.605. The van der Waals surface area contributed by atoms with Gasteiger partial charge >= 0.3 is 0 Å². The second-order valence-electron chi connectivity index (χ2n) is 6.27. The lowest BCUT2D eigenvalue weighted by Gasteiger charge is -2.27. The molecule has 1 fully saturated rings. The number of piperazine rings is 1. The first-order chi connectivity index (χ1) is 12.7. The molecule has 0 amide bonds. The largest absolute Gasteiger partial charge is 0.619 e. The monoisotopic (exact) mass is 354 g/mol. The Morgan fingerprint density at radius 1 is 1.31 bits per heavy atom. The number of hydrogen-bond acceptors (Lipinski definition) is 7. The molecule has 2 N–H and O–H groups in total. The molecule has 26 heavy (non-hydrogen) atoms. The van der Waals surface area contributed by atoms with E-state index in [9.17, 15) is 5.21 Å². The van der Waals surface area contributed by atoms with Gasteiger partial charge in [-0.15, -0.1) is 0 Å². The molecule has 3 aromatic rings. The highest BCUT2D eigenvalue weighted by molar-refractivity contribution is 5.55. The van der Waals surface area contributed by atoms with Crippen LogP contribution in [-0.2, 0) is 13.0 Å². The van der Waals surface area contributed by atoms with E-state index in [4.69, 9.17) is 9.97 Å². The molecule has 9 nitrogen and oxygen atoms in total. The van der Waals surface area contributed by atoms with Crippen LogP contribution in [0, 0.1) is 5.21 Å². The standard InChI is InChI=1S/C17H22N8O/c1-2-14-11-20-25-15(14)21-17(23-8-5-18-6-9-23)22-16(25)19-10-13-4-3-7-24(26)12-13/h3-4,7,11-12,18H,2,5-6,8-10H2,1H3,(H,19,21,22). The number of anilines is 2. The van der Waals surface area contributed by atoms with Crippen LogP contribution in [0.1, 0.15) is 18.1 Å². The van der Waals surface area contributed by atoms with E-state index >= 15 is 0 Å². The van der Waals surface area contributed by atoms with Crippen molar-refractivity contribution in [3.63, 3.8) is 0 Å². The van der Waals surface area contributed by atoms with Crippen molar-refractivity contribution < 1.29 is 4.73 Å². The van der Waals surface area contributed by atoms with Crippen molar-refractivity contribution in [3.8, 4) is 0 Å². The molecule has 4 heterocycles. The Bertz CT molecular complexity index is 903. The zero-order valence-electron chi connectivity index (χ0n) is 14.7. The summed E-state index contributed by atoms with van der Waals surface area (Å²) in [6.07, 6.45) is 5.71. The molecule has 0 atom stereocenters. The van der Waals surface area contributed by atoms with Gasteiger partial charge in [-0.25, -0.2) is 0 Å². The van der Waals surface area contributed by atoms with Crippen LogP contribution in [0.5, 0.6) is 0 Å². The van der Waals surface area contributed by atoms with Gasteiger partial charge in [0.05, 0.1) is 6.20 Å². The third kappa shape index (κ3) is 3.25. The van der Waals surface area contributed by atoms with Crippen LogP contribution in [0.3, 0.4) is 0 Å².